The average Bonchev–Trinajstić information content (AvgIpc) is 3.30. The van der Waals surface area contributed by atoms with Gasteiger partial charge in [0.2, 0.25) is 0 Å². The molecular formula is C16H18FNO. The standard InChI is InChI=1S/C16H18FNO/c1-9-2-7-12(17)16-14(9)15(10-3-4-10)13(19-16)8-18-11-5-6-11/h2,7,10-11,18H,3-6,8H2,1H3. The van der Waals surface area contributed by atoms with E-state index in [2.05, 4.69) is 5.32 Å². The lowest BCUT2D eigenvalue weighted by Gasteiger charge is -2.03. The lowest BCUT2D eigenvalue weighted by atomic mass is 10.0. The zero-order valence-electron chi connectivity index (χ0n) is 11.1. The van der Waals surface area contributed by atoms with Gasteiger partial charge in [0.05, 0.1) is 6.54 Å². The highest BCUT2D eigenvalue weighted by atomic mass is 19.1. The van der Waals surface area contributed by atoms with Gasteiger partial charge < -0.3 is 9.73 Å². The van der Waals surface area contributed by atoms with Gasteiger partial charge in [-0.25, -0.2) is 4.39 Å². The minimum atomic E-state index is -0.236. The van der Waals surface area contributed by atoms with E-state index < -0.39 is 0 Å². The monoisotopic (exact) mass is 259 g/mol. The van der Waals surface area contributed by atoms with E-state index >= 15 is 0 Å². The Morgan fingerprint density at radius 3 is 2.74 bits per heavy atom. The molecule has 19 heavy (non-hydrogen) atoms. The lowest BCUT2D eigenvalue weighted by molar-refractivity contribution is 0.489. The molecule has 0 unspecified atom stereocenters. The van der Waals surface area contributed by atoms with Crippen LogP contribution >= 0.6 is 0 Å². The number of nitrogens with one attached hydrogen (secondary N) is 1. The Morgan fingerprint density at radius 1 is 1.26 bits per heavy atom. The summed E-state index contributed by atoms with van der Waals surface area (Å²) in [6.45, 7) is 2.78. The molecule has 2 aliphatic rings. The van der Waals surface area contributed by atoms with E-state index in [0.717, 1.165) is 23.3 Å². The molecular weight excluding hydrogens is 241 g/mol. The number of hydrogen-bond acceptors (Lipinski definition) is 2. The maximum atomic E-state index is 13.9. The van der Waals surface area contributed by atoms with Gasteiger partial charge in [0.25, 0.3) is 0 Å². The van der Waals surface area contributed by atoms with Crippen LogP contribution in [0.5, 0.6) is 0 Å². The first-order valence-electron chi connectivity index (χ1n) is 7.18. The molecule has 0 atom stereocenters. The molecule has 1 aromatic carbocycles. The third-order valence-corrected chi connectivity index (χ3v) is 4.23. The molecule has 0 radical (unpaired) electrons. The second-order valence-electron chi connectivity index (χ2n) is 5.94. The summed E-state index contributed by atoms with van der Waals surface area (Å²) in [5.41, 5.74) is 2.84. The maximum absolute atomic E-state index is 13.9. The number of halogens is 1. The van der Waals surface area contributed by atoms with E-state index in [0.29, 0.717) is 17.5 Å². The SMILES string of the molecule is Cc1ccc(F)c2oc(CNC3CC3)c(C3CC3)c12. The molecule has 1 N–H and O–H groups in total. The van der Waals surface area contributed by atoms with Gasteiger partial charge in [0, 0.05) is 17.0 Å². The molecule has 100 valence electrons. The topological polar surface area (TPSA) is 25.2 Å². The number of rotatable bonds is 4. The van der Waals surface area contributed by atoms with Gasteiger partial charge >= 0.3 is 0 Å². The van der Waals surface area contributed by atoms with Gasteiger partial charge in [-0.3, -0.25) is 0 Å². The Morgan fingerprint density at radius 2 is 2.05 bits per heavy atom. The van der Waals surface area contributed by atoms with Crippen molar-refractivity contribution in [2.24, 2.45) is 0 Å². The van der Waals surface area contributed by atoms with Crippen LogP contribution in [0.4, 0.5) is 4.39 Å². The molecule has 2 aromatic rings. The van der Waals surface area contributed by atoms with Crippen molar-refractivity contribution in [2.75, 3.05) is 0 Å². The first-order valence-corrected chi connectivity index (χ1v) is 7.18. The van der Waals surface area contributed by atoms with Crippen LogP contribution in [0.2, 0.25) is 0 Å². The van der Waals surface area contributed by atoms with Gasteiger partial charge in [-0.1, -0.05) is 6.07 Å². The fourth-order valence-corrected chi connectivity index (χ4v) is 2.87. The molecule has 0 spiro atoms. The van der Waals surface area contributed by atoms with Crippen LogP contribution in [0.15, 0.2) is 16.5 Å². The van der Waals surface area contributed by atoms with Crippen molar-refractivity contribution in [3.8, 4) is 0 Å². The van der Waals surface area contributed by atoms with E-state index in [-0.39, 0.29) is 5.82 Å². The van der Waals surface area contributed by atoms with Crippen molar-refractivity contribution in [3.05, 3.63) is 34.8 Å². The Bertz CT molecular complexity index is 638. The highest BCUT2D eigenvalue weighted by Gasteiger charge is 2.32. The van der Waals surface area contributed by atoms with Crippen LogP contribution in [0, 0.1) is 12.7 Å². The van der Waals surface area contributed by atoms with Crippen LogP contribution in [0.3, 0.4) is 0 Å². The summed E-state index contributed by atoms with van der Waals surface area (Å²) in [6, 6.07) is 4.01. The van der Waals surface area contributed by atoms with E-state index in [9.17, 15) is 4.39 Å². The van der Waals surface area contributed by atoms with Crippen molar-refractivity contribution in [2.45, 2.75) is 51.1 Å². The Kier molecular flexibility index (Phi) is 2.46. The number of fused-ring (bicyclic) bond motifs is 1. The minimum absolute atomic E-state index is 0.236. The normalized spacial score (nSPS) is 19.3. The summed E-state index contributed by atoms with van der Waals surface area (Å²) < 4.78 is 19.8. The lowest BCUT2D eigenvalue weighted by Crippen LogP contribution is -2.15. The molecule has 2 fully saturated rings. The summed E-state index contributed by atoms with van der Waals surface area (Å²) in [5, 5.41) is 4.50. The van der Waals surface area contributed by atoms with Crippen molar-refractivity contribution in [1.29, 1.82) is 0 Å². The maximum Gasteiger partial charge on any atom is 0.170 e. The Labute approximate surface area is 112 Å². The second-order valence-corrected chi connectivity index (χ2v) is 5.94. The van der Waals surface area contributed by atoms with Crippen molar-refractivity contribution in [1.82, 2.24) is 5.32 Å². The highest BCUT2D eigenvalue weighted by Crippen LogP contribution is 2.47. The van der Waals surface area contributed by atoms with Crippen LogP contribution < -0.4 is 5.32 Å². The highest BCUT2D eigenvalue weighted by molar-refractivity contribution is 5.87. The third-order valence-electron chi connectivity index (χ3n) is 4.23. The zero-order chi connectivity index (χ0) is 13.0. The first kappa shape index (κ1) is 11.5. The second kappa shape index (κ2) is 4.07. The van der Waals surface area contributed by atoms with Crippen molar-refractivity contribution in [3.63, 3.8) is 0 Å². The molecule has 2 saturated carbocycles. The molecule has 2 nitrogen and oxygen atoms in total. The van der Waals surface area contributed by atoms with E-state index in [1.54, 1.807) is 0 Å². The van der Waals surface area contributed by atoms with Gasteiger partial charge in [0.1, 0.15) is 5.76 Å². The zero-order valence-corrected chi connectivity index (χ0v) is 11.1. The fraction of sp³-hybridized carbons (Fsp3) is 0.500. The van der Waals surface area contributed by atoms with Gasteiger partial charge in [-0.15, -0.1) is 0 Å². The Balaban J connectivity index is 1.83. The van der Waals surface area contributed by atoms with Crippen LogP contribution in [-0.2, 0) is 6.54 Å². The molecule has 0 saturated heterocycles. The van der Waals surface area contributed by atoms with Gasteiger partial charge in [0.15, 0.2) is 11.4 Å². The van der Waals surface area contributed by atoms with E-state index in [1.165, 1.54) is 37.3 Å². The molecule has 1 heterocycles. The molecule has 0 amide bonds. The fourth-order valence-electron chi connectivity index (χ4n) is 2.87. The average molecular weight is 259 g/mol. The molecule has 3 heteroatoms. The third kappa shape index (κ3) is 1.96. The molecule has 0 aliphatic heterocycles. The first-order chi connectivity index (χ1) is 9.24. The predicted octanol–water partition coefficient (Wildman–Crippen LogP) is 4.01. The summed E-state index contributed by atoms with van der Waals surface area (Å²) in [4.78, 5) is 0. The van der Waals surface area contributed by atoms with Crippen LogP contribution in [-0.4, -0.2) is 6.04 Å². The summed E-state index contributed by atoms with van der Waals surface area (Å²) >= 11 is 0. The molecule has 2 aliphatic carbocycles. The number of benzene rings is 1. The van der Waals surface area contributed by atoms with Gasteiger partial charge in [-0.2, -0.15) is 0 Å². The molecule has 4 rings (SSSR count). The van der Waals surface area contributed by atoms with Crippen molar-refractivity contribution >= 4 is 11.0 Å². The minimum Gasteiger partial charge on any atom is -0.456 e. The van der Waals surface area contributed by atoms with E-state index in [1.807, 2.05) is 13.0 Å². The largest absolute Gasteiger partial charge is 0.456 e. The number of furan rings is 1. The van der Waals surface area contributed by atoms with Crippen molar-refractivity contribution < 1.29 is 8.81 Å². The quantitative estimate of drug-likeness (QED) is 0.897. The molecule has 1 aromatic heterocycles. The van der Waals surface area contributed by atoms with Crippen LogP contribution in [0.1, 0.15) is 48.5 Å². The summed E-state index contributed by atoms with van der Waals surface area (Å²) in [5.74, 6) is 1.30. The van der Waals surface area contributed by atoms with Gasteiger partial charge in [-0.05, 0) is 50.2 Å². The molecule has 0 bridgehead atoms. The predicted molar refractivity (Wildman–Crippen MR) is 72.7 cm³/mol. The number of aryl methyl sites for hydroxylation is 1. The Hall–Kier alpha value is -1.35. The summed E-state index contributed by atoms with van der Waals surface area (Å²) in [7, 11) is 0. The smallest absolute Gasteiger partial charge is 0.170 e. The summed E-state index contributed by atoms with van der Waals surface area (Å²) in [6.07, 6.45) is 4.93. The number of hydrogen-bond donors (Lipinski definition) is 1. The van der Waals surface area contributed by atoms with E-state index in [4.69, 9.17) is 4.42 Å². The van der Waals surface area contributed by atoms with Crippen LogP contribution in [0.25, 0.3) is 11.0 Å².